The van der Waals surface area contributed by atoms with E-state index >= 15 is 0 Å². The lowest BCUT2D eigenvalue weighted by Gasteiger charge is -2.12. The summed E-state index contributed by atoms with van der Waals surface area (Å²) in [5.74, 6) is -0.118. The molecule has 0 aliphatic rings. The van der Waals surface area contributed by atoms with E-state index in [0.717, 1.165) is 17.4 Å². The Balaban J connectivity index is 1.30. The lowest BCUT2D eigenvalue weighted by Crippen LogP contribution is -2.15. The molecule has 0 unspecified atom stereocenters. The lowest BCUT2D eigenvalue weighted by atomic mass is 10.1. The number of thiazole rings is 1. The van der Waals surface area contributed by atoms with E-state index in [4.69, 9.17) is 13.9 Å². The van der Waals surface area contributed by atoms with Gasteiger partial charge in [0.1, 0.15) is 30.4 Å². The molecule has 0 saturated heterocycles. The molecule has 37 heavy (non-hydrogen) atoms. The van der Waals surface area contributed by atoms with Crippen molar-refractivity contribution in [3.63, 3.8) is 0 Å². The zero-order chi connectivity index (χ0) is 25.9. The molecular weight excluding hydrogens is 499 g/mol. The highest BCUT2D eigenvalue weighted by Crippen LogP contribution is 2.32. The topological polar surface area (TPSA) is 115 Å². The van der Waals surface area contributed by atoms with Crippen LogP contribution in [0.2, 0.25) is 0 Å². The molecule has 0 atom stereocenters. The number of nitrogens with zero attached hydrogens (tertiary/aromatic N) is 1. The number of aromatic hydroxyl groups is 1. The summed E-state index contributed by atoms with van der Waals surface area (Å²) in [5.41, 5.74) is 1.47. The van der Waals surface area contributed by atoms with Crippen molar-refractivity contribution in [3.05, 3.63) is 110 Å². The van der Waals surface area contributed by atoms with E-state index in [2.05, 4.69) is 16.5 Å². The van der Waals surface area contributed by atoms with Crippen LogP contribution in [-0.2, 0) is 0 Å². The number of hydrogen-bond acceptors (Lipinski definition) is 8. The molecule has 8 nitrogen and oxygen atoms in total. The molecule has 3 heterocycles. The third-order valence-electron chi connectivity index (χ3n) is 5.44. The van der Waals surface area contributed by atoms with Crippen LogP contribution in [-0.4, -0.2) is 28.3 Å². The molecule has 5 rings (SSSR count). The quantitative estimate of drug-likeness (QED) is 0.279. The third kappa shape index (κ3) is 5.00. The average molecular weight is 519 g/mol. The Morgan fingerprint density at radius 1 is 1.11 bits per heavy atom. The van der Waals surface area contributed by atoms with Gasteiger partial charge in [0.25, 0.3) is 0 Å². The summed E-state index contributed by atoms with van der Waals surface area (Å²) in [5, 5.41) is 9.91. The highest BCUT2D eigenvalue weighted by Gasteiger charge is 2.18. The highest BCUT2D eigenvalue weighted by atomic mass is 32.1. The second kappa shape index (κ2) is 10.1. The summed E-state index contributed by atoms with van der Waals surface area (Å²) in [4.78, 5) is 30.9. The zero-order valence-electron chi connectivity index (χ0n) is 19.2. The minimum absolute atomic E-state index is 0.0124. The van der Waals surface area contributed by atoms with Crippen molar-refractivity contribution in [1.29, 1.82) is 0 Å². The summed E-state index contributed by atoms with van der Waals surface area (Å²) in [6, 6.07) is 14.1. The van der Waals surface area contributed by atoms with E-state index in [-0.39, 0.29) is 46.4 Å². The van der Waals surface area contributed by atoms with Gasteiger partial charge in [0.2, 0.25) is 17.1 Å². The summed E-state index contributed by atoms with van der Waals surface area (Å²) in [6.07, 6.45) is 3.13. The predicted octanol–water partition coefficient (Wildman–Crippen LogP) is 4.97. The number of rotatable bonds is 8. The maximum absolute atomic E-state index is 13.8. The van der Waals surface area contributed by atoms with Crippen molar-refractivity contribution < 1.29 is 23.4 Å². The molecule has 0 saturated carbocycles. The Hall–Kier alpha value is -4.70. The maximum atomic E-state index is 13.8. The van der Waals surface area contributed by atoms with Crippen molar-refractivity contribution in [2.45, 2.75) is 0 Å². The molecule has 5 aromatic rings. The molecule has 3 aromatic heterocycles. The molecule has 2 N–H and O–H groups in total. The number of aromatic nitrogens is 2. The van der Waals surface area contributed by atoms with Gasteiger partial charge < -0.3 is 19.0 Å². The van der Waals surface area contributed by atoms with Crippen LogP contribution in [0.3, 0.4) is 0 Å². The van der Waals surface area contributed by atoms with E-state index in [1.54, 1.807) is 42.6 Å². The highest BCUT2D eigenvalue weighted by molar-refractivity contribution is 7.10. The van der Waals surface area contributed by atoms with Crippen LogP contribution < -0.4 is 19.8 Å². The van der Waals surface area contributed by atoms with Crippen LogP contribution in [0.1, 0.15) is 10.4 Å². The first-order chi connectivity index (χ1) is 17.9. The molecule has 0 aliphatic carbocycles. The molecule has 0 fully saturated rings. The summed E-state index contributed by atoms with van der Waals surface area (Å²) < 4.78 is 31.2. The Bertz CT molecular complexity index is 1710. The summed E-state index contributed by atoms with van der Waals surface area (Å²) >= 11 is 0.872. The first kappa shape index (κ1) is 24.0. The second-order valence-corrected chi connectivity index (χ2v) is 8.85. The number of halogens is 1. The molecule has 0 amide bonds. The number of aromatic amines is 1. The smallest absolute Gasteiger partial charge is 0.307 e. The second-order valence-electron chi connectivity index (χ2n) is 7.86. The lowest BCUT2D eigenvalue weighted by molar-refractivity contribution is 0.214. The predicted molar refractivity (Wildman–Crippen MR) is 138 cm³/mol. The molecule has 0 aliphatic heterocycles. The van der Waals surface area contributed by atoms with Gasteiger partial charge in [-0.3, -0.25) is 19.6 Å². The fourth-order valence-corrected chi connectivity index (χ4v) is 4.40. The van der Waals surface area contributed by atoms with Crippen LogP contribution in [0.5, 0.6) is 17.4 Å². The fraction of sp³-hybridized carbons (Fsp3) is 0.0741. The monoisotopic (exact) mass is 518 g/mol. The van der Waals surface area contributed by atoms with Crippen molar-refractivity contribution in [2.75, 3.05) is 13.2 Å². The van der Waals surface area contributed by atoms with Gasteiger partial charge in [0, 0.05) is 18.0 Å². The van der Waals surface area contributed by atoms with Crippen LogP contribution in [0, 0.1) is 5.82 Å². The third-order valence-corrected chi connectivity index (χ3v) is 6.37. The van der Waals surface area contributed by atoms with Gasteiger partial charge >= 0.3 is 4.87 Å². The number of fused-ring (bicyclic) bond motifs is 1. The van der Waals surface area contributed by atoms with Gasteiger partial charge in [-0.15, -0.1) is 0 Å². The summed E-state index contributed by atoms with van der Waals surface area (Å²) in [7, 11) is 0. The van der Waals surface area contributed by atoms with Gasteiger partial charge in [-0.1, -0.05) is 30.0 Å². The standard InChI is InChI=1S/C27H19FN2O6S/c1-15(25-26(32)30-27(33)37-25)16-4-7-19(8-5-16)34-11-12-35-24-22(31)20-13-18(28)6-9-21(20)36-23(24)17-3-2-10-29-14-17/h2-10,13-14,32H,1,11-12H2,(H,30,33). The summed E-state index contributed by atoms with van der Waals surface area (Å²) in [6.45, 7) is 4.06. The van der Waals surface area contributed by atoms with E-state index in [9.17, 15) is 19.1 Å². The van der Waals surface area contributed by atoms with Crippen LogP contribution >= 0.6 is 11.3 Å². The van der Waals surface area contributed by atoms with Gasteiger partial charge in [0.15, 0.2) is 5.76 Å². The van der Waals surface area contributed by atoms with E-state index < -0.39 is 11.2 Å². The minimum Gasteiger partial charge on any atom is -0.493 e. The number of benzene rings is 2. The normalized spacial score (nSPS) is 10.9. The van der Waals surface area contributed by atoms with Crippen LogP contribution in [0.4, 0.5) is 4.39 Å². The minimum atomic E-state index is -0.560. The first-order valence-corrected chi connectivity index (χ1v) is 11.9. The zero-order valence-corrected chi connectivity index (χ0v) is 20.0. The van der Waals surface area contributed by atoms with E-state index in [1.165, 1.54) is 18.3 Å². The molecular formula is C27H19FN2O6S. The Morgan fingerprint density at radius 3 is 2.59 bits per heavy atom. The number of pyridine rings is 1. The molecule has 0 bridgehead atoms. The van der Waals surface area contributed by atoms with Crippen molar-refractivity contribution in [1.82, 2.24) is 9.97 Å². The Morgan fingerprint density at radius 2 is 1.89 bits per heavy atom. The van der Waals surface area contributed by atoms with E-state index in [1.807, 2.05) is 0 Å². The van der Waals surface area contributed by atoms with Gasteiger partial charge in [-0.2, -0.15) is 0 Å². The maximum Gasteiger partial charge on any atom is 0.307 e. The number of nitrogens with one attached hydrogen (secondary N) is 1. The number of H-pyrrole nitrogens is 1. The van der Waals surface area contributed by atoms with Gasteiger partial charge in [-0.25, -0.2) is 4.39 Å². The molecule has 0 spiro atoms. The molecule has 10 heteroatoms. The van der Waals surface area contributed by atoms with Crippen LogP contribution in [0.15, 0.2) is 87.6 Å². The van der Waals surface area contributed by atoms with Crippen molar-refractivity contribution in [3.8, 4) is 28.7 Å². The fourth-order valence-electron chi connectivity index (χ4n) is 3.68. The largest absolute Gasteiger partial charge is 0.493 e. The molecule has 0 radical (unpaired) electrons. The Kier molecular flexibility index (Phi) is 6.57. The number of hydrogen-bond donors (Lipinski definition) is 2. The molecule has 2 aromatic carbocycles. The van der Waals surface area contributed by atoms with Gasteiger partial charge in [0.05, 0.1) is 10.3 Å². The number of ether oxygens (including phenoxy) is 2. The van der Waals surface area contributed by atoms with Crippen molar-refractivity contribution >= 4 is 27.9 Å². The van der Waals surface area contributed by atoms with Crippen molar-refractivity contribution in [2.24, 2.45) is 0 Å². The first-order valence-electron chi connectivity index (χ1n) is 11.0. The van der Waals surface area contributed by atoms with E-state index in [0.29, 0.717) is 27.3 Å². The Labute approximate surface area is 212 Å². The van der Waals surface area contributed by atoms with Gasteiger partial charge in [-0.05, 0) is 53.6 Å². The SMILES string of the molecule is C=C(c1ccc(OCCOc2c(-c3cccnc3)oc3ccc(F)cc3c2=O)cc1)c1sc(=O)[nH]c1O. The average Bonchev–Trinajstić information content (AvgIpc) is 3.25. The molecule has 186 valence electrons. The van der Waals surface area contributed by atoms with Crippen LogP contribution in [0.25, 0.3) is 27.9 Å².